The van der Waals surface area contributed by atoms with Gasteiger partial charge in [0, 0.05) is 27.2 Å². The summed E-state index contributed by atoms with van der Waals surface area (Å²) in [6, 6.07) is 7.89. The fourth-order valence-electron chi connectivity index (χ4n) is 1.73. The van der Waals surface area contributed by atoms with Crippen LogP contribution in [-0.4, -0.2) is 0 Å². The average molecular weight is 379 g/mol. The molecule has 0 aliphatic rings. The Morgan fingerprint density at radius 1 is 1.15 bits per heavy atom. The lowest BCUT2D eigenvalue weighted by molar-refractivity contribution is 0.297. The van der Waals surface area contributed by atoms with Crippen LogP contribution in [0.25, 0.3) is 0 Å². The van der Waals surface area contributed by atoms with E-state index in [1.807, 2.05) is 0 Å². The molecule has 0 atom stereocenters. The van der Waals surface area contributed by atoms with Crippen LogP contribution in [0.4, 0.5) is 4.39 Å². The Labute approximate surface area is 134 Å². The van der Waals surface area contributed by atoms with Crippen LogP contribution in [0, 0.1) is 5.82 Å². The van der Waals surface area contributed by atoms with E-state index >= 15 is 0 Å². The van der Waals surface area contributed by atoms with Crippen LogP contribution in [0.2, 0.25) is 10.0 Å². The number of rotatable bonds is 4. The van der Waals surface area contributed by atoms with Crippen molar-refractivity contribution in [3.63, 3.8) is 0 Å². The minimum atomic E-state index is -0.340. The van der Waals surface area contributed by atoms with E-state index in [1.54, 1.807) is 24.3 Å². The van der Waals surface area contributed by atoms with Crippen LogP contribution < -0.4 is 10.5 Å². The van der Waals surface area contributed by atoms with Gasteiger partial charge in [-0.25, -0.2) is 4.39 Å². The van der Waals surface area contributed by atoms with Gasteiger partial charge in [-0.2, -0.15) is 0 Å². The van der Waals surface area contributed by atoms with Gasteiger partial charge in [-0.1, -0.05) is 39.1 Å². The number of hydrogen-bond donors (Lipinski definition) is 1. The summed E-state index contributed by atoms with van der Waals surface area (Å²) < 4.78 is 20.0. The molecular weight excluding hydrogens is 368 g/mol. The second-order valence-corrected chi connectivity index (χ2v) is 5.86. The first kappa shape index (κ1) is 15.6. The van der Waals surface area contributed by atoms with E-state index in [4.69, 9.17) is 33.7 Å². The predicted octanol–water partition coefficient (Wildman–Crippen LogP) is 4.93. The van der Waals surface area contributed by atoms with Crippen molar-refractivity contribution >= 4 is 39.1 Å². The summed E-state index contributed by atoms with van der Waals surface area (Å²) >= 11 is 15.3. The second kappa shape index (κ2) is 6.76. The highest BCUT2D eigenvalue weighted by molar-refractivity contribution is 9.10. The van der Waals surface area contributed by atoms with Gasteiger partial charge in [0.05, 0.1) is 5.02 Å². The number of benzene rings is 2. The molecule has 106 valence electrons. The maximum Gasteiger partial charge on any atom is 0.142 e. The van der Waals surface area contributed by atoms with Crippen molar-refractivity contribution < 1.29 is 9.13 Å². The minimum absolute atomic E-state index is 0.0552. The van der Waals surface area contributed by atoms with E-state index in [0.29, 0.717) is 26.9 Å². The molecule has 0 bridgehead atoms. The molecule has 0 aliphatic heterocycles. The third kappa shape index (κ3) is 3.64. The molecule has 0 saturated heterocycles. The Bertz CT molecular complexity index is 637. The first-order valence-corrected chi connectivity index (χ1v) is 7.31. The van der Waals surface area contributed by atoms with E-state index in [9.17, 15) is 4.39 Å². The van der Waals surface area contributed by atoms with Gasteiger partial charge in [-0.05, 0) is 30.3 Å². The van der Waals surface area contributed by atoms with Crippen molar-refractivity contribution in [2.45, 2.75) is 13.2 Å². The van der Waals surface area contributed by atoms with E-state index in [0.717, 1.165) is 4.47 Å². The molecule has 2 nitrogen and oxygen atoms in total. The maximum atomic E-state index is 13.6. The van der Waals surface area contributed by atoms with Gasteiger partial charge in [0.1, 0.15) is 18.2 Å². The van der Waals surface area contributed by atoms with Gasteiger partial charge in [0.2, 0.25) is 0 Å². The Morgan fingerprint density at radius 3 is 2.60 bits per heavy atom. The summed E-state index contributed by atoms with van der Waals surface area (Å²) in [4.78, 5) is 0. The molecule has 0 spiro atoms. The fourth-order valence-corrected chi connectivity index (χ4v) is 2.73. The van der Waals surface area contributed by atoms with Crippen LogP contribution in [-0.2, 0) is 13.2 Å². The lowest BCUT2D eigenvalue weighted by Gasteiger charge is -2.13. The van der Waals surface area contributed by atoms with Crippen LogP contribution in [0.5, 0.6) is 5.75 Å². The highest BCUT2D eigenvalue weighted by Gasteiger charge is 2.11. The standard InChI is InChI=1S/C14H11BrCl2FNO/c15-10-1-2-13(18)9(3-10)7-20-14-8(6-19)4-11(16)5-12(14)17/h1-5H,6-7,19H2. The van der Waals surface area contributed by atoms with Crippen LogP contribution in [0.1, 0.15) is 11.1 Å². The molecule has 2 N–H and O–H groups in total. The molecule has 0 aromatic heterocycles. The molecule has 2 aromatic carbocycles. The molecule has 2 rings (SSSR count). The molecule has 0 radical (unpaired) electrons. The third-order valence-electron chi connectivity index (χ3n) is 2.68. The first-order valence-electron chi connectivity index (χ1n) is 5.76. The van der Waals surface area contributed by atoms with Gasteiger partial charge in [0.25, 0.3) is 0 Å². The molecule has 6 heteroatoms. The van der Waals surface area contributed by atoms with Crippen LogP contribution in [0.15, 0.2) is 34.8 Å². The number of nitrogens with two attached hydrogens (primary N) is 1. The van der Waals surface area contributed by atoms with Gasteiger partial charge in [0.15, 0.2) is 0 Å². The fraction of sp³-hybridized carbons (Fsp3) is 0.143. The van der Waals surface area contributed by atoms with E-state index in [-0.39, 0.29) is 19.0 Å². The lowest BCUT2D eigenvalue weighted by atomic mass is 10.2. The number of halogens is 4. The van der Waals surface area contributed by atoms with Crippen LogP contribution in [0.3, 0.4) is 0 Å². The molecule has 0 amide bonds. The topological polar surface area (TPSA) is 35.2 Å². The van der Waals surface area contributed by atoms with Gasteiger partial charge >= 0.3 is 0 Å². The quantitative estimate of drug-likeness (QED) is 0.818. The molecule has 0 saturated carbocycles. The average Bonchev–Trinajstić information content (AvgIpc) is 2.40. The van der Waals surface area contributed by atoms with E-state index in [1.165, 1.54) is 6.07 Å². The third-order valence-corrected chi connectivity index (χ3v) is 3.68. The van der Waals surface area contributed by atoms with Gasteiger partial charge in [-0.15, -0.1) is 0 Å². The van der Waals surface area contributed by atoms with Crippen molar-refractivity contribution in [3.05, 3.63) is 61.8 Å². The Balaban J connectivity index is 2.25. The molecule has 0 fully saturated rings. The molecule has 20 heavy (non-hydrogen) atoms. The zero-order valence-electron chi connectivity index (χ0n) is 10.3. The van der Waals surface area contributed by atoms with Crippen molar-refractivity contribution in [2.24, 2.45) is 5.73 Å². The highest BCUT2D eigenvalue weighted by atomic mass is 79.9. The summed E-state index contributed by atoms with van der Waals surface area (Å²) in [5.74, 6) is 0.0885. The zero-order valence-corrected chi connectivity index (χ0v) is 13.4. The molecule has 0 aliphatic carbocycles. The number of hydrogen-bond acceptors (Lipinski definition) is 2. The minimum Gasteiger partial charge on any atom is -0.487 e. The largest absolute Gasteiger partial charge is 0.487 e. The molecule has 0 unspecified atom stereocenters. The normalized spacial score (nSPS) is 10.7. The van der Waals surface area contributed by atoms with Crippen molar-refractivity contribution in [1.29, 1.82) is 0 Å². The summed E-state index contributed by atoms with van der Waals surface area (Å²) in [7, 11) is 0. The highest BCUT2D eigenvalue weighted by Crippen LogP contribution is 2.33. The van der Waals surface area contributed by atoms with Crippen molar-refractivity contribution in [1.82, 2.24) is 0 Å². The van der Waals surface area contributed by atoms with Crippen molar-refractivity contribution in [2.75, 3.05) is 0 Å². The smallest absolute Gasteiger partial charge is 0.142 e. The molecular formula is C14H11BrCl2FNO. The Kier molecular flexibility index (Phi) is 5.27. The monoisotopic (exact) mass is 377 g/mol. The zero-order chi connectivity index (χ0) is 14.7. The Morgan fingerprint density at radius 2 is 1.90 bits per heavy atom. The number of ether oxygens (including phenoxy) is 1. The predicted molar refractivity (Wildman–Crippen MR) is 82.8 cm³/mol. The first-order chi connectivity index (χ1) is 9.51. The van der Waals surface area contributed by atoms with E-state index in [2.05, 4.69) is 15.9 Å². The SMILES string of the molecule is NCc1cc(Cl)cc(Cl)c1OCc1cc(Br)ccc1F. The lowest BCUT2D eigenvalue weighted by Crippen LogP contribution is -2.04. The Hall–Kier alpha value is -0.810. The van der Waals surface area contributed by atoms with Crippen LogP contribution >= 0.6 is 39.1 Å². The summed E-state index contributed by atoms with van der Waals surface area (Å²) in [5, 5.41) is 0.838. The summed E-state index contributed by atoms with van der Waals surface area (Å²) in [6.07, 6.45) is 0. The van der Waals surface area contributed by atoms with Gasteiger partial charge < -0.3 is 10.5 Å². The summed E-state index contributed by atoms with van der Waals surface area (Å²) in [6.45, 7) is 0.288. The second-order valence-electron chi connectivity index (χ2n) is 4.10. The van der Waals surface area contributed by atoms with Gasteiger partial charge in [-0.3, -0.25) is 0 Å². The molecule has 0 heterocycles. The molecule has 2 aromatic rings. The maximum absolute atomic E-state index is 13.6. The van der Waals surface area contributed by atoms with Crippen molar-refractivity contribution in [3.8, 4) is 5.75 Å². The van der Waals surface area contributed by atoms with E-state index < -0.39 is 0 Å². The summed E-state index contributed by atoms with van der Waals surface area (Å²) in [5.41, 5.74) is 6.74.